The van der Waals surface area contributed by atoms with Crippen molar-refractivity contribution >= 4 is 11.8 Å². The number of hydrogen-bond acceptors (Lipinski definition) is 5. The number of rotatable bonds is 4. The van der Waals surface area contributed by atoms with E-state index >= 15 is 0 Å². The van der Waals surface area contributed by atoms with E-state index in [-0.39, 0.29) is 12.2 Å². The first-order valence-electron chi connectivity index (χ1n) is 9.72. The second kappa shape index (κ2) is 8.47. The average molecular weight is 424 g/mol. The van der Waals surface area contributed by atoms with E-state index in [4.69, 9.17) is 9.47 Å². The average Bonchev–Trinajstić information content (AvgIpc) is 3.06. The van der Waals surface area contributed by atoms with Crippen molar-refractivity contribution in [2.75, 3.05) is 13.2 Å². The number of nitrogens with one attached hydrogen (secondary N) is 2. The molecule has 0 aliphatic carbocycles. The van der Waals surface area contributed by atoms with Gasteiger partial charge in [0.15, 0.2) is 11.5 Å². The molecular formula is C22H21FN4O4. The van der Waals surface area contributed by atoms with Crippen molar-refractivity contribution in [3.05, 3.63) is 70.8 Å². The number of benzene rings is 2. The topological polar surface area (TPSA) is 94.5 Å². The fourth-order valence-electron chi connectivity index (χ4n) is 3.35. The lowest BCUT2D eigenvalue weighted by molar-refractivity contribution is -0.121. The molecular weight excluding hydrogens is 403 g/mol. The number of carbonyl (C=O) groups excluding carboxylic acids is 2. The Bertz CT molecular complexity index is 1140. The number of carbonyl (C=O) groups is 2. The van der Waals surface area contributed by atoms with Crippen LogP contribution in [-0.2, 0) is 11.2 Å². The van der Waals surface area contributed by atoms with Crippen molar-refractivity contribution in [1.29, 1.82) is 0 Å². The minimum absolute atomic E-state index is 0.0281. The number of aromatic nitrogens is 2. The molecule has 8 nitrogen and oxygen atoms in total. The normalized spacial score (nSPS) is 12.4. The lowest BCUT2D eigenvalue weighted by Gasteiger charge is -2.18. The molecule has 4 rings (SSSR count). The van der Waals surface area contributed by atoms with E-state index in [0.29, 0.717) is 41.7 Å². The lowest BCUT2D eigenvalue weighted by atomic mass is 10.1. The van der Waals surface area contributed by atoms with E-state index in [0.717, 1.165) is 11.3 Å². The maximum absolute atomic E-state index is 13.2. The quantitative estimate of drug-likeness (QED) is 0.628. The second-order valence-corrected chi connectivity index (χ2v) is 7.08. The minimum atomic E-state index is -0.472. The highest BCUT2D eigenvalue weighted by atomic mass is 19.1. The van der Waals surface area contributed by atoms with Gasteiger partial charge in [-0.05, 0) is 56.3 Å². The third-order valence-electron chi connectivity index (χ3n) is 4.97. The summed E-state index contributed by atoms with van der Waals surface area (Å²) in [6, 6.07) is 10.8. The Kier molecular flexibility index (Phi) is 5.57. The summed E-state index contributed by atoms with van der Waals surface area (Å²) in [4.78, 5) is 24.8. The summed E-state index contributed by atoms with van der Waals surface area (Å²) in [5.41, 5.74) is 8.03. The second-order valence-electron chi connectivity index (χ2n) is 7.08. The van der Waals surface area contributed by atoms with Crippen LogP contribution in [0.1, 0.15) is 27.3 Å². The van der Waals surface area contributed by atoms with Crippen LogP contribution in [0.2, 0.25) is 0 Å². The summed E-state index contributed by atoms with van der Waals surface area (Å²) in [6.45, 7) is 4.51. The van der Waals surface area contributed by atoms with Gasteiger partial charge in [-0.2, -0.15) is 5.10 Å². The standard InChI is InChI=1S/C22H21FN4O4/c1-13-18(14(2)27(26-13)17-6-4-16(23)5-7-17)12-21(28)24-25-22(29)15-3-8-19-20(11-15)31-10-9-30-19/h3-8,11H,9-10,12H2,1-2H3,(H,24,28)(H,25,29). The van der Waals surface area contributed by atoms with Crippen molar-refractivity contribution in [2.45, 2.75) is 20.3 Å². The van der Waals surface area contributed by atoms with Crippen LogP contribution in [0.4, 0.5) is 4.39 Å². The van der Waals surface area contributed by atoms with E-state index in [1.807, 2.05) is 6.92 Å². The third kappa shape index (κ3) is 4.35. The molecule has 9 heteroatoms. The molecule has 2 N–H and O–H groups in total. The number of hydrogen-bond donors (Lipinski definition) is 2. The van der Waals surface area contributed by atoms with Crippen molar-refractivity contribution in [1.82, 2.24) is 20.6 Å². The number of hydrazine groups is 1. The summed E-state index contributed by atoms with van der Waals surface area (Å²) >= 11 is 0. The maximum atomic E-state index is 13.2. The van der Waals surface area contributed by atoms with Gasteiger partial charge in [0.1, 0.15) is 19.0 Å². The van der Waals surface area contributed by atoms with E-state index in [2.05, 4.69) is 16.0 Å². The highest BCUT2D eigenvalue weighted by Gasteiger charge is 2.18. The molecule has 1 aliphatic heterocycles. The summed E-state index contributed by atoms with van der Waals surface area (Å²) in [5, 5.41) is 4.45. The Morgan fingerprint density at radius 2 is 1.74 bits per heavy atom. The Hall–Kier alpha value is -3.88. The number of nitrogens with zero attached hydrogens (tertiary/aromatic N) is 2. The van der Waals surface area contributed by atoms with E-state index in [1.165, 1.54) is 12.1 Å². The van der Waals surface area contributed by atoms with Crippen LogP contribution < -0.4 is 20.3 Å². The van der Waals surface area contributed by atoms with Gasteiger partial charge in [0.25, 0.3) is 5.91 Å². The van der Waals surface area contributed by atoms with Gasteiger partial charge in [-0.1, -0.05) is 0 Å². The molecule has 1 aliphatic rings. The van der Waals surface area contributed by atoms with Crippen molar-refractivity contribution in [2.24, 2.45) is 0 Å². The number of halogens is 1. The summed E-state index contributed by atoms with van der Waals surface area (Å²) in [7, 11) is 0. The molecule has 0 unspecified atom stereocenters. The highest BCUT2D eigenvalue weighted by molar-refractivity contribution is 5.96. The lowest BCUT2D eigenvalue weighted by Crippen LogP contribution is -2.42. The van der Waals surface area contributed by atoms with Gasteiger partial charge in [0.2, 0.25) is 5.91 Å². The molecule has 0 saturated heterocycles. The first-order chi connectivity index (χ1) is 14.9. The largest absolute Gasteiger partial charge is 0.486 e. The zero-order valence-electron chi connectivity index (χ0n) is 17.1. The molecule has 0 spiro atoms. The molecule has 1 aromatic heterocycles. The summed E-state index contributed by atoms with van der Waals surface area (Å²) < 4.78 is 25.7. The highest BCUT2D eigenvalue weighted by Crippen LogP contribution is 2.30. The Labute approximate surface area is 177 Å². The molecule has 3 aromatic rings. The molecule has 2 heterocycles. The van der Waals surface area contributed by atoms with Crippen molar-refractivity contribution in [3.63, 3.8) is 0 Å². The molecule has 2 amide bonds. The Balaban J connectivity index is 1.40. The Morgan fingerprint density at radius 3 is 2.48 bits per heavy atom. The molecule has 0 fully saturated rings. The van der Waals surface area contributed by atoms with Gasteiger partial charge in [-0.3, -0.25) is 20.4 Å². The Morgan fingerprint density at radius 1 is 1.03 bits per heavy atom. The predicted octanol–water partition coefficient (Wildman–Crippen LogP) is 2.40. The number of fused-ring (bicyclic) bond motifs is 1. The summed E-state index contributed by atoms with van der Waals surface area (Å²) in [5.74, 6) is -0.129. The van der Waals surface area contributed by atoms with E-state index in [9.17, 15) is 14.0 Å². The van der Waals surface area contributed by atoms with Crippen molar-refractivity contribution < 1.29 is 23.5 Å². The van der Waals surface area contributed by atoms with Gasteiger partial charge >= 0.3 is 0 Å². The van der Waals surface area contributed by atoms with Crippen LogP contribution in [0.5, 0.6) is 11.5 Å². The van der Waals surface area contributed by atoms with Gasteiger partial charge in [-0.15, -0.1) is 0 Å². The molecule has 0 atom stereocenters. The van der Waals surface area contributed by atoms with Gasteiger partial charge in [0, 0.05) is 16.8 Å². The molecule has 0 saturated carbocycles. The van der Waals surface area contributed by atoms with E-state index < -0.39 is 11.8 Å². The molecule has 160 valence electrons. The fraction of sp³-hybridized carbons (Fsp3) is 0.227. The third-order valence-corrected chi connectivity index (χ3v) is 4.97. The van der Waals surface area contributed by atoms with Crippen LogP contribution in [0.25, 0.3) is 5.69 Å². The predicted molar refractivity (Wildman–Crippen MR) is 110 cm³/mol. The van der Waals surface area contributed by atoms with E-state index in [1.54, 1.807) is 41.9 Å². The zero-order valence-corrected chi connectivity index (χ0v) is 17.1. The summed E-state index contributed by atoms with van der Waals surface area (Å²) in [6.07, 6.45) is 0.0281. The fourth-order valence-corrected chi connectivity index (χ4v) is 3.35. The molecule has 2 aromatic carbocycles. The first-order valence-corrected chi connectivity index (χ1v) is 9.72. The number of aryl methyl sites for hydroxylation is 1. The van der Waals surface area contributed by atoms with Gasteiger partial charge < -0.3 is 9.47 Å². The molecule has 0 radical (unpaired) electrons. The first kappa shape index (κ1) is 20.4. The maximum Gasteiger partial charge on any atom is 0.269 e. The number of ether oxygens (including phenoxy) is 2. The number of amides is 2. The SMILES string of the molecule is Cc1nn(-c2ccc(F)cc2)c(C)c1CC(=O)NNC(=O)c1ccc2c(c1)OCCO2. The van der Waals surface area contributed by atoms with Gasteiger partial charge in [0.05, 0.1) is 17.8 Å². The van der Waals surface area contributed by atoms with Crippen LogP contribution in [0, 0.1) is 19.7 Å². The van der Waals surface area contributed by atoms with Crippen LogP contribution in [0.15, 0.2) is 42.5 Å². The molecule has 31 heavy (non-hydrogen) atoms. The van der Waals surface area contributed by atoms with Crippen LogP contribution >= 0.6 is 0 Å². The monoisotopic (exact) mass is 424 g/mol. The smallest absolute Gasteiger partial charge is 0.269 e. The van der Waals surface area contributed by atoms with Crippen LogP contribution in [-0.4, -0.2) is 34.8 Å². The van der Waals surface area contributed by atoms with Crippen LogP contribution in [0.3, 0.4) is 0 Å². The minimum Gasteiger partial charge on any atom is -0.486 e. The zero-order chi connectivity index (χ0) is 22.0. The van der Waals surface area contributed by atoms with Crippen molar-refractivity contribution in [3.8, 4) is 17.2 Å². The molecule has 0 bridgehead atoms. The van der Waals surface area contributed by atoms with Gasteiger partial charge in [-0.25, -0.2) is 9.07 Å².